The Labute approximate surface area is 150 Å². The van der Waals surface area contributed by atoms with Crippen LogP contribution in [-0.2, 0) is 4.74 Å². The fourth-order valence-electron chi connectivity index (χ4n) is 1.90. The quantitative estimate of drug-likeness (QED) is 0.310. The van der Waals surface area contributed by atoms with Crippen LogP contribution < -0.4 is 4.74 Å². The molecule has 0 heterocycles. The number of benzene rings is 2. The molecule has 0 saturated carbocycles. The molecule has 7 nitrogen and oxygen atoms in total. The summed E-state index contributed by atoms with van der Waals surface area (Å²) in [6.45, 7) is -3.62. The van der Waals surface area contributed by atoms with Crippen molar-refractivity contribution in [1.82, 2.24) is 0 Å². The van der Waals surface area contributed by atoms with Crippen molar-refractivity contribution in [3.8, 4) is 5.75 Å². The Bertz CT molecular complexity index is 841. The maximum Gasteiger partial charge on any atom is 0.387 e. The minimum atomic E-state index is -2.99. The van der Waals surface area contributed by atoms with Gasteiger partial charge in [-0.15, -0.1) is 0 Å². The Balaban J connectivity index is 1.99. The average Bonchev–Trinajstić information content (AvgIpc) is 2.59. The molecule has 0 bridgehead atoms. The molecule has 0 unspecified atom stereocenters. The number of esters is 1. The molecule has 0 aliphatic carbocycles. The van der Waals surface area contributed by atoms with Gasteiger partial charge in [-0.3, -0.25) is 14.9 Å². The Kier molecular flexibility index (Phi) is 6.18. The van der Waals surface area contributed by atoms with Crippen LogP contribution in [0.15, 0.2) is 42.5 Å². The Morgan fingerprint density at radius 3 is 2.31 bits per heavy atom. The number of carbonyl (C=O) groups is 2. The van der Waals surface area contributed by atoms with E-state index >= 15 is 0 Å². The van der Waals surface area contributed by atoms with Crippen LogP contribution in [-0.4, -0.2) is 29.9 Å². The summed E-state index contributed by atoms with van der Waals surface area (Å²) in [5.74, 6) is -1.66. The summed E-state index contributed by atoms with van der Waals surface area (Å²) in [6, 6.07) is 8.14. The summed E-state index contributed by atoms with van der Waals surface area (Å²) in [6.07, 6.45) is 0. The molecule has 0 aromatic heterocycles. The normalized spacial score (nSPS) is 10.5. The first-order valence-corrected chi connectivity index (χ1v) is 7.35. The molecule has 0 amide bonds. The topological polar surface area (TPSA) is 95.7 Å². The zero-order chi connectivity index (χ0) is 19.3. The SMILES string of the molecule is O=C(COC(=O)c1ccc(Cl)c([N+](=O)[O-])c1)c1ccc(OC(F)F)cc1. The number of nitro benzene ring substituents is 1. The van der Waals surface area contributed by atoms with E-state index in [1.807, 2.05) is 0 Å². The second-order valence-electron chi connectivity index (χ2n) is 4.83. The standard InChI is InChI=1S/C16H10ClF2NO6/c17-12-6-3-10(7-13(12)20(23)24)15(22)25-8-14(21)9-1-4-11(5-2-9)26-16(18)19/h1-7,16H,8H2. The van der Waals surface area contributed by atoms with Crippen LogP contribution >= 0.6 is 11.6 Å². The number of carbonyl (C=O) groups excluding carboxylic acids is 2. The molecule has 10 heteroatoms. The van der Waals surface area contributed by atoms with Crippen LogP contribution in [0.4, 0.5) is 14.5 Å². The summed E-state index contributed by atoms with van der Waals surface area (Å²) in [4.78, 5) is 33.9. The van der Waals surface area contributed by atoms with Gasteiger partial charge in [0.25, 0.3) is 5.69 Å². The number of hydrogen-bond acceptors (Lipinski definition) is 6. The maximum absolute atomic E-state index is 12.1. The van der Waals surface area contributed by atoms with E-state index in [-0.39, 0.29) is 21.9 Å². The molecule has 0 spiro atoms. The lowest BCUT2D eigenvalue weighted by atomic mass is 10.1. The Hall–Kier alpha value is -3.07. The summed E-state index contributed by atoms with van der Waals surface area (Å²) in [5, 5.41) is 10.7. The number of rotatable bonds is 7. The minimum absolute atomic E-state index is 0.113. The molecule has 0 aliphatic rings. The lowest BCUT2D eigenvalue weighted by Gasteiger charge is -2.07. The van der Waals surface area contributed by atoms with Gasteiger partial charge in [0.05, 0.1) is 10.5 Å². The number of nitrogens with zero attached hydrogens (tertiary/aromatic N) is 1. The fourth-order valence-corrected chi connectivity index (χ4v) is 2.09. The van der Waals surface area contributed by atoms with Gasteiger partial charge in [0, 0.05) is 11.6 Å². The second kappa shape index (κ2) is 8.34. The first-order chi connectivity index (χ1) is 12.3. The Morgan fingerprint density at radius 2 is 1.73 bits per heavy atom. The van der Waals surface area contributed by atoms with E-state index in [0.717, 1.165) is 6.07 Å². The van der Waals surface area contributed by atoms with Gasteiger partial charge in [-0.25, -0.2) is 4.79 Å². The smallest absolute Gasteiger partial charge is 0.387 e. The number of Topliss-reactive ketones (excluding diaryl/α,β-unsaturated/α-hetero) is 1. The van der Waals surface area contributed by atoms with Crippen molar-refractivity contribution in [1.29, 1.82) is 0 Å². The summed E-state index contributed by atoms with van der Waals surface area (Å²) < 4.78 is 33.1. The van der Waals surface area contributed by atoms with Crippen molar-refractivity contribution in [2.24, 2.45) is 0 Å². The highest BCUT2D eigenvalue weighted by Gasteiger charge is 2.18. The predicted molar refractivity (Wildman–Crippen MR) is 85.8 cm³/mol. The number of ketones is 1. The lowest BCUT2D eigenvalue weighted by Crippen LogP contribution is -2.14. The monoisotopic (exact) mass is 385 g/mol. The largest absolute Gasteiger partial charge is 0.454 e. The molecule has 0 radical (unpaired) electrons. The fraction of sp³-hybridized carbons (Fsp3) is 0.125. The van der Waals surface area contributed by atoms with Crippen molar-refractivity contribution in [3.63, 3.8) is 0 Å². The second-order valence-corrected chi connectivity index (χ2v) is 5.23. The third-order valence-corrected chi connectivity index (χ3v) is 3.43. The van der Waals surface area contributed by atoms with Gasteiger partial charge in [0.2, 0.25) is 0 Å². The number of nitro groups is 1. The highest BCUT2D eigenvalue weighted by molar-refractivity contribution is 6.32. The van der Waals surface area contributed by atoms with E-state index in [1.54, 1.807) is 0 Å². The Morgan fingerprint density at radius 1 is 1.12 bits per heavy atom. The molecule has 26 heavy (non-hydrogen) atoms. The van der Waals surface area contributed by atoms with E-state index in [9.17, 15) is 28.5 Å². The van der Waals surface area contributed by atoms with Crippen molar-refractivity contribution < 1.29 is 32.8 Å². The van der Waals surface area contributed by atoms with E-state index in [1.165, 1.54) is 36.4 Å². The number of ether oxygens (including phenoxy) is 2. The molecule has 0 fully saturated rings. The van der Waals surface area contributed by atoms with E-state index in [4.69, 9.17) is 16.3 Å². The molecular weight excluding hydrogens is 376 g/mol. The summed E-state index contributed by atoms with van der Waals surface area (Å²) in [7, 11) is 0. The summed E-state index contributed by atoms with van der Waals surface area (Å²) in [5.41, 5.74) is -0.502. The van der Waals surface area contributed by atoms with Crippen molar-refractivity contribution in [2.75, 3.05) is 6.61 Å². The van der Waals surface area contributed by atoms with Gasteiger partial charge in [-0.05, 0) is 36.4 Å². The van der Waals surface area contributed by atoms with E-state index < -0.39 is 35.6 Å². The van der Waals surface area contributed by atoms with E-state index in [2.05, 4.69) is 4.74 Å². The first-order valence-electron chi connectivity index (χ1n) is 6.97. The highest BCUT2D eigenvalue weighted by atomic mass is 35.5. The molecule has 2 rings (SSSR count). The van der Waals surface area contributed by atoms with Crippen LogP contribution in [0.25, 0.3) is 0 Å². The first kappa shape index (κ1) is 19.3. The van der Waals surface area contributed by atoms with Crippen LogP contribution in [0.5, 0.6) is 5.75 Å². The molecular formula is C16H10ClF2NO6. The number of hydrogen-bond donors (Lipinski definition) is 0. The molecule has 0 aliphatic heterocycles. The molecule has 136 valence electrons. The molecule has 0 atom stereocenters. The van der Waals surface area contributed by atoms with Crippen molar-refractivity contribution in [2.45, 2.75) is 6.61 Å². The van der Waals surface area contributed by atoms with Gasteiger partial charge in [-0.1, -0.05) is 11.6 Å². The maximum atomic E-state index is 12.1. The molecule has 2 aromatic rings. The van der Waals surface area contributed by atoms with Gasteiger partial charge in [-0.2, -0.15) is 8.78 Å². The minimum Gasteiger partial charge on any atom is -0.454 e. The zero-order valence-electron chi connectivity index (χ0n) is 12.9. The van der Waals surface area contributed by atoms with Crippen LogP contribution in [0.2, 0.25) is 5.02 Å². The zero-order valence-corrected chi connectivity index (χ0v) is 13.6. The highest BCUT2D eigenvalue weighted by Crippen LogP contribution is 2.25. The molecule has 0 N–H and O–H groups in total. The number of halogens is 3. The third-order valence-electron chi connectivity index (χ3n) is 3.11. The molecule has 2 aromatic carbocycles. The van der Waals surface area contributed by atoms with Crippen molar-refractivity contribution in [3.05, 3.63) is 68.7 Å². The van der Waals surface area contributed by atoms with Crippen LogP contribution in [0, 0.1) is 10.1 Å². The van der Waals surface area contributed by atoms with E-state index in [0.29, 0.717) is 0 Å². The number of alkyl halides is 2. The third kappa shape index (κ3) is 4.96. The summed E-state index contributed by atoms with van der Waals surface area (Å²) >= 11 is 5.64. The van der Waals surface area contributed by atoms with Gasteiger partial charge >= 0.3 is 12.6 Å². The van der Waals surface area contributed by atoms with Crippen LogP contribution in [0.3, 0.4) is 0 Å². The lowest BCUT2D eigenvalue weighted by molar-refractivity contribution is -0.384. The van der Waals surface area contributed by atoms with Gasteiger partial charge < -0.3 is 9.47 Å². The van der Waals surface area contributed by atoms with Crippen LogP contribution in [0.1, 0.15) is 20.7 Å². The van der Waals surface area contributed by atoms with Crippen molar-refractivity contribution >= 4 is 29.0 Å². The van der Waals surface area contributed by atoms with Gasteiger partial charge in [0.1, 0.15) is 10.8 Å². The van der Waals surface area contributed by atoms with Gasteiger partial charge in [0.15, 0.2) is 12.4 Å². The average molecular weight is 386 g/mol. The molecule has 0 saturated heterocycles. The predicted octanol–water partition coefficient (Wildman–Crippen LogP) is 3.89.